The van der Waals surface area contributed by atoms with Gasteiger partial charge in [-0.05, 0) is 98.4 Å². The molecule has 0 saturated carbocycles. The van der Waals surface area contributed by atoms with E-state index in [1.807, 2.05) is 6.20 Å². The summed E-state index contributed by atoms with van der Waals surface area (Å²) in [5, 5.41) is 2.70. The number of hydrogen-bond acceptors (Lipinski definition) is 3. The van der Waals surface area contributed by atoms with Crippen LogP contribution in [-0.4, -0.2) is 15.2 Å². The van der Waals surface area contributed by atoms with Gasteiger partial charge in [0, 0.05) is 33.2 Å². The summed E-state index contributed by atoms with van der Waals surface area (Å²) in [6, 6.07) is 55.1. The van der Waals surface area contributed by atoms with E-state index in [2.05, 4.69) is 212 Å². The molecule has 4 aliphatic carbocycles. The fourth-order valence-electron chi connectivity index (χ4n) is 10.8. The molecule has 286 valence electrons. The maximum Gasteiger partial charge on any atom is 0.0777 e. The van der Waals surface area contributed by atoms with Gasteiger partial charge in [0.2, 0.25) is 0 Å². The van der Waals surface area contributed by atoms with Crippen molar-refractivity contribution in [2.24, 2.45) is 17.8 Å². The zero-order chi connectivity index (χ0) is 39.6. The number of benzene rings is 5. The van der Waals surface area contributed by atoms with E-state index in [4.69, 9.17) is 9.97 Å². The monoisotopic (exact) mass is 786 g/mol. The molecule has 4 unspecified atom stereocenters. The topological polar surface area (TPSA) is 25.8 Å². The molecule has 1 aliphatic heterocycles. The van der Waals surface area contributed by atoms with E-state index in [-0.39, 0.29) is 16.6 Å². The first kappa shape index (κ1) is 35.4. The lowest BCUT2D eigenvalue weighted by atomic mass is 9.59. The maximum absolute atomic E-state index is 5.43. The summed E-state index contributed by atoms with van der Waals surface area (Å²) in [6.45, 7) is 0. The molecule has 7 aromatic rings. The third-order valence-electron chi connectivity index (χ3n) is 13.5. The van der Waals surface area contributed by atoms with E-state index >= 15 is 0 Å². The van der Waals surface area contributed by atoms with Gasteiger partial charge in [-0.3, -0.25) is 4.98 Å². The summed E-state index contributed by atoms with van der Waals surface area (Å²) in [7, 11) is 0. The normalized spacial score (nSPS) is 21.9. The zero-order valence-electron chi connectivity index (χ0n) is 33.2. The second-order valence-electron chi connectivity index (χ2n) is 16.7. The molecule has 0 amide bonds. The highest BCUT2D eigenvalue weighted by Crippen LogP contribution is 2.66. The lowest BCUT2D eigenvalue weighted by Gasteiger charge is -2.51. The molecule has 2 nitrogen and oxygen atoms in total. The Bertz CT molecular complexity index is 2930. The van der Waals surface area contributed by atoms with Crippen molar-refractivity contribution in [3.8, 4) is 33.5 Å². The van der Waals surface area contributed by atoms with Crippen LogP contribution in [0, 0.1) is 17.8 Å². The van der Waals surface area contributed by atoms with Crippen LogP contribution in [0.1, 0.15) is 35.4 Å². The van der Waals surface area contributed by atoms with Crippen LogP contribution in [0.25, 0.3) is 55.4 Å². The average molecular weight is 787 g/mol. The number of rotatable bonds is 5. The maximum atomic E-state index is 5.43. The van der Waals surface area contributed by atoms with E-state index in [0.29, 0.717) is 11.8 Å². The third-order valence-corrected chi connectivity index (χ3v) is 14.8. The van der Waals surface area contributed by atoms with Gasteiger partial charge in [0.15, 0.2) is 0 Å². The summed E-state index contributed by atoms with van der Waals surface area (Å²) >= 11 is 2.06. The molecule has 2 aromatic heterocycles. The molecule has 1 fully saturated rings. The number of fused-ring (bicyclic) bond motifs is 10. The predicted molar refractivity (Wildman–Crippen MR) is 251 cm³/mol. The van der Waals surface area contributed by atoms with E-state index in [0.717, 1.165) is 35.5 Å². The summed E-state index contributed by atoms with van der Waals surface area (Å²) < 4.78 is 0. The largest absolute Gasteiger partial charge is 0.256 e. The molecular weight excluding hydrogens is 745 g/mol. The van der Waals surface area contributed by atoms with Gasteiger partial charge in [0.1, 0.15) is 0 Å². The van der Waals surface area contributed by atoms with Crippen LogP contribution < -0.4 is 0 Å². The van der Waals surface area contributed by atoms with Gasteiger partial charge in [-0.2, -0.15) is 0 Å². The number of thioether (sulfide) groups is 1. The lowest BCUT2D eigenvalue weighted by molar-refractivity contribution is 0.428. The van der Waals surface area contributed by atoms with E-state index in [1.54, 1.807) is 0 Å². The summed E-state index contributed by atoms with van der Waals surface area (Å²) in [4.78, 5) is 11.8. The molecule has 0 radical (unpaired) electrons. The fraction of sp³-hybridized carbons (Fsp3) is 0.123. The number of hydrogen-bond donors (Lipinski definition) is 0. The Kier molecular flexibility index (Phi) is 8.45. The highest BCUT2D eigenvalue weighted by atomic mass is 32.2. The van der Waals surface area contributed by atoms with Crippen molar-refractivity contribution in [1.29, 1.82) is 0 Å². The SMILES string of the molecule is C1=CC(c2nccc3ccccc23)=CC(C2C=C3C(=CC2)SC2C=CC(c4cc(-c5ccccc5)cc(-c5ccccc5)n4)=CC2C32c3ccccc3-c3ccccc32)C1. The van der Waals surface area contributed by atoms with Crippen molar-refractivity contribution >= 4 is 33.7 Å². The second-order valence-corrected chi connectivity index (χ2v) is 17.9. The van der Waals surface area contributed by atoms with Crippen LogP contribution in [-0.2, 0) is 5.41 Å². The molecule has 5 aliphatic rings. The van der Waals surface area contributed by atoms with Crippen molar-refractivity contribution in [3.63, 3.8) is 0 Å². The van der Waals surface area contributed by atoms with Gasteiger partial charge in [0.05, 0.1) is 22.5 Å². The van der Waals surface area contributed by atoms with Crippen molar-refractivity contribution in [1.82, 2.24) is 9.97 Å². The van der Waals surface area contributed by atoms with Crippen molar-refractivity contribution < 1.29 is 0 Å². The lowest BCUT2D eigenvalue weighted by Crippen LogP contribution is -2.46. The van der Waals surface area contributed by atoms with Crippen LogP contribution in [0.2, 0.25) is 0 Å². The molecule has 5 aromatic carbocycles. The zero-order valence-corrected chi connectivity index (χ0v) is 34.0. The first-order valence-electron chi connectivity index (χ1n) is 21.3. The van der Waals surface area contributed by atoms with Gasteiger partial charge in [0.25, 0.3) is 0 Å². The quantitative estimate of drug-likeness (QED) is 0.174. The molecule has 3 heteroatoms. The van der Waals surface area contributed by atoms with Crippen molar-refractivity contribution in [3.05, 3.63) is 239 Å². The van der Waals surface area contributed by atoms with Gasteiger partial charge in [-0.15, -0.1) is 11.8 Å². The Labute approximate surface area is 356 Å². The summed E-state index contributed by atoms with van der Waals surface area (Å²) in [5.74, 6) is 0.878. The predicted octanol–water partition coefficient (Wildman–Crippen LogP) is 14.1. The van der Waals surface area contributed by atoms with E-state index in [1.165, 1.54) is 65.8 Å². The summed E-state index contributed by atoms with van der Waals surface area (Å²) in [6.07, 6.45) is 23.9. The first-order valence-corrected chi connectivity index (χ1v) is 22.1. The molecule has 3 heterocycles. The van der Waals surface area contributed by atoms with Crippen LogP contribution in [0.5, 0.6) is 0 Å². The highest BCUT2D eigenvalue weighted by molar-refractivity contribution is 8.04. The molecule has 4 atom stereocenters. The standard InChI is InChI=1S/C57H42N2S/c1-3-14-37(15-4-1)44-35-52(39-17-5-2-6-18-39)59-53(36-44)42-27-29-55-51(34-42)57(48-24-11-9-22-46(48)47-23-10-12-25-49(47)57)50-33-41(26-28-54(50)60-55)40-19-13-20-43(32-40)56-45-21-8-7-16-38(45)30-31-58-56/h1-18,20-25,27-36,40-41,51,55H,19,26H2. The Hall–Kier alpha value is -6.55. The fourth-order valence-corrected chi connectivity index (χ4v) is 12.2. The number of aromatic nitrogens is 2. The minimum atomic E-state index is -0.364. The summed E-state index contributed by atoms with van der Waals surface area (Å²) in [5.41, 5.74) is 15.6. The molecule has 1 saturated heterocycles. The third kappa shape index (κ3) is 5.63. The van der Waals surface area contributed by atoms with Gasteiger partial charge >= 0.3 is 0 Å². The van der Waals surface area contributed by atoms with Crippen LogP contribution in [0.3, 0.4) is 0 Å². The highest BCUT2D eigenvalue weighted by Gasteiger charge is 2.57. The molecule has 0 N–H and O–H groups in total. The number of allylic oxidation sites excluding steroid dienone is 10. The number of nitrogens with zero attached hydrogens (tertiary/aromatic N) is 2. The minimum Gasteiger partial charge on any atom is -0.256 e. The first-order chi connectivity index (χ1) is 29.7. The molecular formula is C57H42N2S. The Morgan fingerprint density at radius 2 is 1.25 bits per heavy atom. The van der Waals surface area contributed by atoms with Gasteiger partial charge < -0.3 is 0 Å². The van der Waals surface area contributed by atoms with Crippen LogP contribution in [0.15, 0.2) is 217 Å². The smallest absolute Gasteiger partial charge is 0.0777 e. The van der Waals surface area contributed by atoms with E-state index in [9.17, 15) is 0 Å². The average Bonchev–Trinajstić information content (AvgIpc) is 3.62. The van der Waals surface area contributed by atoms with Gasteiger partial charge in [-0.1, -0.05) is 182 Å². The Morgan fingerprint density at radius 3 is 2.05 bits per heavy atom. The Morgan fingerprint density at radius 1 is 0.567 bits per heavy atom. The van der Waals surface area contributed by atoms with E-state index < -0.39 is 0 Å². The second kappa shape index (κ2) is 14.3. The minimum absolute atomic E-state index is 0.161. The molecule has 1 spiro atoms. The molecule has 60 heavy (non-hydrogen) atoms. The Balaban J connectivity index is 1.03. The van der Waals surface area contributed by atoms with Crippen molar-refractivity contribution in [2.75, 3.05) is 0 Å². The molecule has 12 rings (SSSR count). The number of pyridine rings is 2. The van der Waals surface area contributed by atoms with Crippen LogP contribution in [0.4, 0.5) is 0 Å². The molecule has 0 bridgehead atoms. The van der Waals surface area contributed by atoms with Crippen LogP contribution >= 0.6 is 11.8 Å². The van der Waals surface area contributed by atoms with Crippen molar-refractivity contribution in [2.45, 2.75) is 23.5 Å². The van der Waals surface area contributed by atoms with Gasteiger partial charge in [-0.25, -0.2) is 4.98 Å².